The summed E-state index contributed by atoms with van der Waals surface area (Å²) in [5.41, 5.74) is 5.24. The normalized spacial score (nSPS) is 11.1. The number of amides is 1. The van der Waals surface area contributed by atoms with Gasteiger partial charge in [0.25, 0.3) is 0 Å². The van der Waals surface area contributed by atoms with Gasteiger partial charge in [-0.05, 0) is 28.3 Å². The second kappa shape index (κ2) is 8.81. The van der Waals surface area contributed by atoms with Crippen LogP contribution in [0.4, 0.5) is 0 Å². The largest absolute Gasteiger partial charge is 0.308 e. The van der Waals surface area contributed by atoms with Gasteiger partial charge in [-0.3, -0.25) is 4.79 Å². The topological polar surface area (TPSA) is 20.3 Å². The number of allylic oxidation sites excluding steroid dienone is 2. The Kier molecular flexibility index (Phi) is 6.01. The van der Waals surface area contributed by atoms with E-state index in [4.69, 9.17) is 0 Å². The summed E-state index contributed by atoms with van der Waals surface area (Å²) in [5, 5.41) is 0. The lowest BCUT2D eigenvalue weighted by atomic mass is 10.0. The molecule has 0 fully saturated rings. The van der Waals surface area contributed by atoms with Crippen LogP contribution in [0.3, 0.4) is 0 Å². The molecule has 0 aliphatic heterocycles. The van der Waals surface area contributed by atoms with Gasteiger partial charge < -0.3 is 4.90 Å². The maximum absolute atomic E-state index is 12.4. The molecular weight excluding hydrogens is 330 g/mol. The molecule has 0 saturated carbocycles. The Morgan fingerprint density at radius 2 is 1.41 bits per heavy atom. The molecule has 0 aliphatic rings. The zero-order valence-corrected chi connectivity index (χ0v) is 15.5. The molecule has 2 heteroatoms. The molecule has 0 spiro atoms. The van der Waals surface area contributed by atoms with Crippen molar-refractivity contribution in [1.29, 1.82) is 0 Å². The Morgan fingerprint density at radius 1 is 0.852 bits per heavy atom. The molecular formula is C25H23NO. The second-order valence-electron chi connectivity index (χ2n) is 6.32. The fourth-order valence-corrected chi connectivity index (χ4v) is 3.05. The fourth-order valence-electron chi connectivity index (χ4n) is 3.05. The Balaban J connectivity index is 1.93. The van der Waals surface area contributed by atoms with Gasteiger partial charge >= 0.3 is 0 Å². The molecule has 3 aromatic carbocycles. The first-order chi connectivity index (χ1) is 13.2. The van der Waals surface area contributed by atoms with Gasteiger partial charge in [0.2, 0.25) is 5.91 Å². The van der Waals surface area contributed by atoms with Gasteiger partial charge in [-0.2, -0.15) is 0 Å². The summed E-state index contributed by atoms with van der Waals surface area (Å²) in [7, 11) is 0. The molecule has 0 unspecified atom stereocenters. The van der Waals surface area contributed by atoms with Crippen LogP contribution in [0.5, 0.6) is 0 Å². The van der Waals surface area contributed by atoms with E-state index in [0.717, 1.165) is 22.4 Å². The highest BCUT2D eigenvalue weighted by Crippen LogP contribution is 2.26. The maximum atomic E-state index is 12.4. The molecule has 0 saturated heterocycles. The molecule has 0 aliphatic carbocycles. The molecule has 2 nitrogen and oxygen atoms in total. The Bertz CT molecular complexity index is 925. The second-order valence-corrected chi connectivity index (χ2v) is 6.32. The van der Waals surface area contributed by atoms with Crippen LogP contribution < -0.4 is 0 Å². The number of hydrogen-bond donors (Lipinski definition) is 0. The Morgan fingerprint density at radius 3 is 1.96 bits per heavy atom. The van der Waals surface area contributed by atoms with Gasteiger partial charge in [0.1, 0.15) is 0 Å². The van der Waals surface area contributed by atoms with Gasteiger partial charge in [-0.25, -0.2) is 0 Å². The highest BCUT2D eigenvalue weighted by atomic mass is 16.2. The summed E-state index contributed by atoms with van der Waals surface area (Å²) < 4.78 is 0. The van der Waals surface area contributed by atoms with Crippen molar-refractivity contribution in [3.05, 3.63) is 115 Å². The van der Waals surface area contributed by atoms with Crippen LogP contribution in [0.25, 0.3) is 16.8 Å². The molecule has 0 radical (unpaired) electrons. The molecule has 0 N–H and O–H groups in total. The monoisotopic (exact) mass is 353 g/mol. The third-order valence-electron chi connectivity index (χ3n) is 4.42. The van der Waals surface area contributed by atoms with E-state index in [9.17, 15) is 4.79 Å². The lowest BCUT2D eigenvalue weighted by molar-refractivity contribution is -0.126. The first-order valence-corrected chi connectivity index (χ1v) is 8.99. The van der Waals surface area contributed by atoms with E-state index >= 15 is 0 Å². The van der Waals surface area contributed by atoms with Gasteiger partial charge in [0.05, 0.1) is 12.2 Å². The quantitative estimate of drug-likeness (QED) is 0.503. The standard InChI is InChI=1S/C25H23NO/c1-3-10-25(26(20(2)27)19-21-11-6-4-7-12-21)24-17-15-23(16-18-24)22-13-8-5-9-14-22/h3-18H,1,19H2,2H3/b25-10-. The van der Waals surface area contributed by atoms with Crippen LogP contribution in [0.15, 0.2) is 104 Å². The lowest BCUT2D eigenvalue weighted by Crippen LogP contribution is -2.26. The number of benzene rings is 3. The average Bonchev–Trinajstić information content (AvgIpc) is 2.72. The molecule has 0 heterocycles. The first kappa shape index (κ1) is 18.4. The van der Waals surface area contributed by atoms with Crippen molar-refractivity contribution in [2.45, 2.75) is 13.5 Å². The summed E-state index contributed by atoms with van der Waals surface area (Å²) >= 11 is 0. The Hall–Kier alpha value is -3.39. The van der Waals surface area contributed by atoms with Crippen molar-refractivity contribution in [2.75, 3.05) is 0 Å². The van der Waals surface area contributed by atoms with Gasteiger partial charge in [0.15, 0.2) is 0 Å². The van der Waals surface area contributed by atoms with Crippen molar-refractivity contribution in [2.24, 2.45) is 0 Å². The molecule has 3 rings (SSSR count). The smallest absolute Gasteiger partial charge is 0.224 e. The van der Waals surface area contributed by atoms with E-state index in [1.165, 1.54) is 5.56 Å². The molecule has 27 heavy (non-hydrogen) atoms. The van der Waals surface area contributed by atoms with Crippen LogP contribution in [-0.2, 0) is 11.3 Å². The van der Waals surface area contributed by atoms with Crippen molar-refractivity contribution in [3.8, 4) is 11.1 Å². The molecule has 3 aromatic rings. The highest BCUT2D eigenvalue weighted by molar-refractivity contribution is 5.86. The van der Waals surface area contributed by atoms with Gasteiger partial charge in [0, 0.05) is 6.92 Å². The third-order valence-corrected chi connectivity index (χ3v) is 4.42. The summed E-state index contributed by atoms with van der Waals surface area (Å²) in [6.07, 6.45) is 3.61. The van der Waals surface area contributed by atoms with Crippen molar-refractivity contribution in [1.82, 2.24) is 4.90 Å². The first-order valence-electron chi connectivity index (χ1n) is 8.99. The minimum absolute atomic E-state index is 0.000844. The fraction of sp³-hybridized carbons (Fsp3) is 0.0800. The van der Waals surface area contributed by atoms with Gasteiger partial charge in [-0.1, -0.05) is 97.6 Å². The Labute approximate surface area is 161 Å². The van der Waals surface area contributed by atoms with E-state index in [-0.39, 0.29) is 5.91 Å². The number of carbonyl (C=O) groups is 1. The molecule has 134 valence electrons. The summed E-state index contributed by atoms with van der Waals surface area (Å²) in [6, 6.07) is 28.5. The molecule has 0 atom stereocenters. The van der Waals surface area contributed by atoms with E-state index < -0.39 is 0 Å². The van der Waals surface area contributed by atoms with Gasteiger partial charge in [-0.15, -0.1) is 0 Å². The number of hydrogen-bond acceptors (Lipinski definition) is 1. The van der Waals surface area contributed by atoms with E-state index in [2.05, 4.69) is 43.0 Å². The highest BCUT2D eigenvalue weighted by Gasteiger charge is 2.16. The number of nitrogens with zero attached hydrogens (tertiary/aromatic N) is 1. The van der Waals surface area contributed by atoms with Crippen molar-refractivity contribution in [3.63, 3.8) is 0 Å². The predicted octanol–water partition coefficient (Wildman–Crippen LogP) is 5.93. The zero-order chi connectivity index (χ0) is 19.1. The van der Waals surface area contributed by atoms with E-state index in [1.54, 1.807) is 17.9 Å². The minimum atomic E-state index is -0.000844. The molecule has 0 aromatic heterocycles. The third kappa shape index (κ3) is 4.62. The molecule has 1 amide bonds. The van der Waals surface area contributed by atoms with Crippen LogP contribution in [0, 0.1) is 0 Å². The van der Waals surface area contributed by atoms with Crippen LogP contribution in [-0.4, -0.2) is 10.8 Å². The average molecular weight is 353 g/mol. The van der Waals surface area contributed by atoms with Crippen LogP contribution in [0.2, 0.25) is 0 Å². The minimum Gasteiger partial charge on any atom is -0.308 e. The van der Waals surface area contributed by atoms with E-state index in [1.807, 2.05) is 54.6 Å². The molecule has 0 bridgehead atoms. The number of carbonyl (C=O) groups excluding carboxylic acids is 1. The van der Waals surface area contributed by atoms with Crippen molar-refractivity contribution >= 4 is 11.6 Å². The summed E-state index contributed by atoms with van der Waals surface area (Å²) in [6.45, 7) is 5.95. The summed E-state index contributed by atoms with van der Waals surface area (Å²) in [5.74, 6) is -0.000844. The lowest BCUT2D eigenvalue weighted by Gasteiger charge is -2.25. The maximum Gasteiger partial charge on any atom is 0.224 e. The van der Waals surface area contributed by atoms with Crippen LogP contribution >= 0.6 is 0 Å². The summed E-state index contributed by atoms with van der Waals surface area (Å²) in [4.78, 5) is 14.2. The van der Waals surface area contributed by atoms with E-state index in [0.29, 0.717) is 6.54 Å². The SMILES string of the molecule is C=C/C=C(/c1ccc(-c2ccccc2)cc1)N(Cc1ccccc1)C(C)=O. The van der Waals surface area contributed by atoms with Crippen LogP contribution in [0.1, 0.15) is 18.1 Å². The predicted molar refractivity (Wildman–Crippen MR) is 113 cm³/mol. The number of rotatable bonds is 6. The zero-order valence-electron chi connectivity index (χ0n) is 15.5. The van der Waals surface area contributed by atoms with Crippen molar-refractivity contribution < 1.29 is 4.79 Å².